The molecule has 0 aliphatic heterocycles. The molecule has 0 rings (SSSR count). The highest BCUT2D eigenvalue weighted by Crippen LogP contribution is 2.08. The first-order valence-electron chi connectivity index (χ1n) is 2.98. The van der Waals surface area contributed by atoms with Crippen LogP contribution in [0.4, 0.5) is 0 Å². The molecular formula is C6H10ClNO3. The molecule has 5 heteroatoms. The summed E-state index contributed by atoms with van der Waals surface area (Å²) in [6.07, 6.45) is 0. The molecule has 4 nitrogen and oxygen atoms in total. The van der Waals surface area contributed by atoms with E-state index in [1.165, 1.54) is 14.0 Å². The third-order valence-corrected chi connectivity index (χ3v) is 1.46. The molecule has 0 aromatic heterocycles. The monoisotopic (exact) mass is 179 g/mol. The molecule has 2 N–H and O–H groups in total. The molecule has 0 spiro atoms. The normalized spacial score (nSPS) is 15.3. The van der Waals surface area contributed by atoms with E-state index in [4.69, 9.17) is 17.3 Å². The molecule has 11 heavy (non-hydrogen) atoms. The van der Waals surface area contributed by atoms with E-state index in [1.54, 1.807) is 0 Å². The maximum atomic E-state index is 10.8. The molecular weight excluding hydrogens is 170 g/mol. The minimum absolute atomic E-state index is 0.389. The van der Waals surface area contributed by atoms with Gasteiger partial charge in [0.25, 0.3) is 0 Å². The molecule has 0 fully saturated rings. The Bertz CT molecular complexity index is 169. The van der Waals surface area contributed by atoms with Crippen LogP contribution >= 0.6 is 11.6 Å². The topological polar surface area (TPSA) is 69.4 Å². The lowest BCUT2D eigenvalue weighted by molar-refractivity contribution is -0.148. The Kier molecular flexibility index (Phi) is 4.07. The van der Waals surface area contributed by atoms with Gasteiger partial charge in [0.1, 0.15) is 17.2 Å². The van der Waals surface area contributed by atoms with Crippen molar-refractivity contribution in [2.45, 2.75) is 12.4 Å². The lowest BCUT2D eigenvalue weighted by Crippen LogP contribution is -2.36. The van der Waals surface area contributed by atoms with Gasteiger partial charge in [-0.1, -0.05) is 0 Å². The van der Waals surface area contributed by atoms with Crippen molar-refractivity contribution in [2.75, 3.05) is 7.11 Å². The number of hydrogen-bond acceptors (Lipinski definition) is 4. The molecule has 0 aliphatic carbocycles. The summed E-state index contributed by atoms with van der Waals surface area (Å²) in [6, 6.07) is 0. The number of alkyl halides is 1. The second-order valence-electron chi connectivity index (χ2n) is 2.06. The third kappa shape index (κ3) is 2.86. The number of ketones is 1. The molecule has 64 valence electrons. The number of nitrogens with two attached hydrogens (primary N) is 1. The Balaban J connectivity index is 4.34. The number of rotatable bonds is 3. The van der Waals surface area contributed by atoms with Crippen molar-refractivity contribution in [1.29, 1.82) is 0 Å². The Morgan fingerprint density at radius 1 is 1.55 bits per heavy atom. The fraction of sp³-hybridized carbons (Fsp3) is 0.667. The van der Waals surface area contributed by atoms with E-state index in [1.807, 2.05) is 0 Å². The zero-order valence-electron chi connectivity index (χ0n) is 6.33. The number of hydrogen-bond donors (Lipinski definition) is 1. The summed E-state index contributed by atoms with van der Waals surface area (Å²) < 4.78 is 4.31. The van der Waals surface area contributed by atoms with Gasteiger partial charge in [-0.05, 0) is 6.92 Å². The van der Waals surface area contributed by atoms with Crippen molar-refractivity contribution >= 4 is 23.4 Å². The predicted molar refractivity (Wildman–Crippen MR) is 40.0 cm³/mol. The van der Waals surface area contributed by atoms with Crippen LogP contribution < -0.4 is 5.73 Å². The van der Waals surface area contributed by atoms with Gasteiger partial charge < -0.3 is 10.5 Å². The molecule has 0 saturated carbocycles. The molecule has 0 aromatic carbocycles. The van der Waals surface area contributed by atoms with E-state index in [2.05, 4.69) is 4.74 Å². The van der Waals surface area contributed by atoms with Gasteiger partial charge in [-0.15, -0.1) is 11.6 Å². The Morgan fingerprint density at radius 3 is 2.09 bits per heavy atom. The highest BCUT2D eigenvalue weighted by atomic mass is 35.5. The molecule has 0 bridgehead atoms. The van der Waals surface area contributed by atoms with E-state index in [0.29, 0.717) is 0 Å². The maximum Gasteiger partial charge on any atom is 0.319 e. The number of halogens is 1. The van der Waals surface area contributed by atoms with Crippen molar-refractivity contribution in [3.8, 4) is 0 Å². The quantitative estimate of drug-likeness (QED) is 0.284. The van der Waals surface area contributed by atoms with E-state index >= 15 is 0 Å². The molecule has 0 radical (unpaired) electrons. The molecule has 0 heterocycles. The van der Waals surface area contributed by atoms with Crippen LogP contribution in [0.25, 0.3) is 0 Å². The van der Waals surface area contributed by atoms with Crippen molar-refractivity contribution in [3.05, 3.63) is 0 Å². The summed E-state index contributed by atoms with van der Waals surface area (Å²) in [5.41, 5.74) is 4.14. The summed E-state index contributed by atoms with van der Waals surface area (Å²) >= 11 is 5.37. The maximum absolute atomic E-state index is 10.8. The van der Waals surface area contributed by atoms with Gasteiger partial charge in [0.2, 0.25) is 0 Å². The summed E-state index contributed by atoms with van der Waals surface area (Å²) in [6.45, 7) is 1.24. The van der Waals surface area contributed by atoms with Gasteiger partial charge in [0.05, 0.1) is 7.11 Å². The van der Waals surface area contributed by atoms with Crippen molar-refractivity contribution in [2.24, 2.45) is 11.7 Å². The lowest BCUT2D eigenvalue weighted by Gasteiger charge is -2.12. The minimum Gasteiger partial charge on any atom is -0.468 e. The number of carbonyl (C=O) groups excluding carboxylic acids is 2. The van der Waals surface area contributed by atoms with Crippen LogP contribution in [0.3, 0.4) is 0 Å². The van der Waals surface area contributed by atoms with Crippen LogP contribution in [0.5, 0.6) is 0 Å². The second-order valence-corrected chi connectivity index (χ2v) is 2.56. The average Bonchev–Trinajstić information content (AvgIpc) is 1.85. The highest BCUT2D eigenvalue weighted by Gasteiger charge is 2.29. The van der Waals surface area contributed by atoms with Crippen LogP contribution in [0.15, 0.2) is 0 Å². The summed E-state index contributed by atoms with van der Waals surface area (Å²) in [7, 11) is 1.18. The van der Waals surface area contributed by atoms with Crippen molar-refractivity contribution in [3.63, 3.8) is 0 Å². The number of ether oxygens (including phenoxy) is 1. The SMILES string of the molecule is COC(=O)C(C(C)=O)C(N)Cl. The first-order valence-corrected chi connectivity index (χ1v) is 3.42. The van der Waals surface area contributed by atoms with Gasteiger partial charge in [-0.2, -0.15) is 0 Å². The lowest BCUT2D eigenvalue weighted by atomic mass is 10.1. The van der Waals surface area contributed by atoms with E-state index in [-0.39, 0.29) is 5.78 Å². The number of methoxy groups -OCH3 is 1. The Morgan fingerprint density at radius 2 is 2.00 bits per heavy atom. The van der Waals surface area contributed by atoms with Gasteiger partial charge in [0, 0.05) is 0 Å². The van der Waals surface area contributed by atoms with E-state index in [0.717, 1.165) is 0 Å². The van der Waals surface area contributed by atoms with Crippen LogP contribution in [0.1, 0.15) is 6.92 Å². The highest BCUT2D eigenvalue weighted by molar-refractivity contribution is 6.24. The van der Waals surface area contributed by atoms with Gasteiger partial charge >= 0.3 is 5.97 Å². The number of esters is 1. The molecule has 0 aromatic rings. The molecule has 2 unspecified atom stereocenters. The van der Waals surface area contributed by atoms with E-state index in [9.17, 15) is 9.59 Å². The zero-order chi connectivity index (χ0) is 9.02. The number of carbonyl (C=O) groups is 2. The molecule has 0 saturated heterocycles. The largest absolute Gasteiger partial charge is 0.468 e. The minimum atomic E-state index is -1.05. The van der Waals surface area contributed by atoms with Crippen LogP contribution in [0.2, 0.25) is 0 Å². The van der Waals surface area contributed by atoms with Crippen molar-refractivity contribution < 1.29 is 14.3 Å². The smallest absolute Gasteiger partial charge is 0.319 e. The molecule has 0 amide bonds. The summed E-state index contributed by atoms with van der Waals surface area (Å²) in [5, 5.41) is 0. The molecule has 0 aliphatic rings. The Hall–Kier alpha value is -0.610. The van der Waals surface area contributed by atoms with Crippen molar-refractivity contribution in [1.82, 2.24) is 0 Å². The standard InChI is InChI=1S/C6H10ClNO3/c1-3(9)4(5(7)8)6(10)11-2/h4-5H,8H2,1-2H3. The average molecular weight is 180 g/mol. The zero-order valence-corrected chi connectivity index (χ0v) is 7.09. The first-order chi connectivity index (χ1) is 5.00. The van der Waals surface area contributed by atoms with E-state index < -0.39 is 17.4 Å². The van der Waals surface area contributed by atoms with Gasteiger partial charge in [0.15, 0.2) is 0 Å². The fourth-order valence-electron chi connectivity index (χ4n) is 0.647. The predicted octanol–water partition coefficient (Wildman–Crippen LogP) is -0.112. The van der Waals surface area contributed by atoms with Crippen LogP contribution in [-0.4, -0.2) is 24.4 Å². The van der Waals surface area contributed by atoms with Crippen LogP contribution in [0, 0.1) is 5.92 Å². The Labute approximate surface area is 69.6 Å². The summed E-state index contributed by atoms with van der Waals surface area (Å²) in [4.78, 5) is 21.5. The molecule has 2 atom stereocenters. The first kappa shape index (κ1) is 10.4. The third-order valence-electron chi connectivity index (χ3n) is 1.21. The second kappa shape index (κ2) is 4.31. The van der Waals surface area contributed by atoms with Gasteiger partial charge in [-0.25, -0.2) is 0 Å². The van der Waals surface area contributed by atoms with Gasteiger partial charge in [-0.3, -0.25) is 9.59 Å². The summed E-state index contributed by atoms with van der Waals surface area (Å²) in [5.74, 6) is -2.14. The number of Topliss-reactive ketones (excluding diaryl/α,β-unsaturated/α-hetero) is 1. The fourth-order valence-corrected chi connectivity index (χ4v) is 0.927. The van der Waals surface area contributed by atoms with Crippen LogP contribution in [-0.2, 0) is 14.3 Å².